The first-order valence-electron chi connectivity index (χ1n) is 6.83. The van der Waals surface area contributed by atoms with E-state index >= 15 is 0 Å². The van der Waals surface area contributed by atoms with Crippen molar-refractivity contribution in [2.75, 3.05) is 13.7 Å². The van der Waals surface area contributed by atoms with Crippen LogP contribution in [0, 0.1) is 0 Å². The summed E-state index contributed by atoms with van der Waals surface area (Å²) in [6.45, 7) is 3.05. The molecule has 0 fully saturated rings. The zero-order valence-electron chi connectivity index (χ0n) is 11.9. The lowest BCUT2D eigenvalue weighted by Gasteiger charge is -2.17. The van der Waals surface area contributed by atoms with E-state index < -0.39 is 0 Å². The lowest BCUT2D eigenvalue weighted by atomic mass is 10.0. The van der Waals surface area contributed by atoms with Crippen molar-refractivity contribution in [1.29, 1.82) is 0 Å². The van der Waals surface area contributed by atoms with Crippen LogP contribution in [0.3, 0.4) is 0 Å². The molecule has 1 aromatic heterocycles. The third-order valence-corrected chi connectivity index (χ3v) is 4.00. The SMILES string of the molecule is CCNC(CCc1ccc(OC)cc1)c1ccoc1Br. The van der Waals surface area contributed by atoms with Gasteiger partial charge in [0, 0.05) is 11.6 Å². The van der Waals surface area contributed by atoms with Crippen LogP contribution in [-0.2, 0) is 6.42 Å². The fraction of sp³-hybridized carbons (Fsp3) is 0.375. The van der Waals surface area contributed by atoms with Crippen molar-refractivity contribution in [3.05, 3.63) is 52.4 Å². The summed E-state index contributed by atoms with van der Waals surface area (Å²) in [5, 5.41) is 3.50. The Morgan fingerprint density at radius 3 is 2.55 bits per heavy atom. The largest absolute Gasteiger partial charge is 0.497 e. The van der Waals surface area contributed by atoms with Crippen molar-refractivity contribution in [2.45, 2.75) is 25.8 Å². The van der Waals surface area contributed by atoms with E-state index in [9.17, 15) is 0 Å². The zero-order chi connectivity index (χ0) is 14.4. The monoisotopic (exact) mass is 337 g/mol. The number of nitrogens with one attached hydrogen (secondary N) is 1. The van der Waals surface area contributed by atoms with Crippen LogP contribution in [0.5, 0.6) is 5.75 Å². The fourth-order valence-electron chi connectivity index (χ4n) is 2.27. The molecule has 1 unspecified atom stereocenters. The van der Waals surface area contributed by atoms with Crippen molar-refractivity contribution < 1.29 is 9.15 Å². The Hall–Kier alpha value is -1.26. The molecule has 3 nitrogen and oxygen atoms in total. The van der Waals surface area contributed by atoms with Gasteiger partial charge in [0.15, 0.2) is 4.67 Å². The van der Waals surface area contributed by atoms with Gasteiger partial charge in [-0.2, -0.15) is 0 Å². The van der Waals surface area contributed by atoms with E-state index in [1.54, 1.807) is 13.4 Å². The number of rotatable bonds is 7. The van der Waals surface area contributed by atoms with Crippen LogP contribution in [0.2, 0.25) is 0 Å². The Labute approximate surface area is 128 Å². The van der Waals surface area contributed by atoms with Gasteiger partial charge >= 0.3 is 0 Å². The normalized spacial score (nSPS) is 12.3. The summed E-state index contributed by atoms with van der Waals surface area (Å²) < 4.78 is 11.3. The van der Waals surface area contributed by atoms with Crippen molar-refractivity contribution in [2.24, 2.45) is 0 Å². The standard InChI is InChI=1S/C16H20BrNO2/c1-3-18-15(14-10-11-20-16(14)17)9-6-12-4-7-13(19-2)8-5-12/h4-5,7-8,10-11,15,18H,3,6,9H2,1-2H3. The van der Waals surface area contributed by atoms with Gasteiger partial charge in [-0.05, 0) is 59.1 Å². The molecule has 0 bridgehead atoms. The Kier molecular flexibility index (Phi) is 5.68. The highest BCUT2D eigenvalue weighted by atomic mass is 79.9. The summed E-state index contributed by atoms with van der Waals surface area (Å²) >= 11 is 3.46. The van der Waals surface area contributed by atoms with Crippen molar-refractivity contribution >= 4 is 15.9 Å². The predicted octanol–water partition coefficient (Wildman–Crippen LogP) is 4.33. The molecule has 2 rings (SSSR count). The number of aryl methyl sites for hydroxylation is 1. The van der Waals surface area contributed by atoms with E-state index in [1.165, 1.54) is 11.1 Å². The summed E-state index contributed by atoms with van der Waals surface area (Å²) in [6.07, 6.45) is 3.76. The minimum Gasteiger partial charge on any atom is -0.497 e. The highest BCUT2D eigenvalue weighted by Gasteiger charge is 2.15. The van der Waals surface area contributed by atoms with Crippen molar-refractivity contribution in [3.8, 4) is 5.75 Å². The van der Waals surface area contributed by atoms with Gasteiger partial charge in [0.05, 0.1) is 13.4 Å². The maximum Gasteiger partial charge on any atom is 0.173 e. The van der Waals surface area contributed by atoms with Gasteiger partial charge in [-0.1, -0.05) is 19.1 Å². The van der Waals surface area contributed by atoms with Gasteiger partial charge in [-0.3, -0.25) is 0 Å². The first-order valence-corrected chi connectivity index (χ1v) is 7.63. The van der Waals surface area contributed by atoms with Crippen LogP contribution in [0.4, 0.5) is 0 Å². The molecule has 0 aliphatic carbocycles. The fourth-order valence-corrected chi connectivity index (χ4v) is 2.79. The number of ether oxygens (including phenoxy) is 1. The quantitative estimate of drug-likeness (QED) is 0.816. The van der Waals surface area contributed by atoms with Gasteiger partial charge in [0.25, 0.3) is 0 Å². The van der Waals surface area contributed by atoms with Crippen LogP contribution in [0.1, 0.15) is 30.5 Å². The molecule has 0 saturated heterocycles. The second kappa shape index (κ2) is 7.50. The molecule has 4 heteroatoms. The molecule has 20 heavy (non-hydrogen) atoms. The van der Waals surface area contributed by atoms with Crippen LogP contribution >= 0.6 is 15.9 Å². The van der Waals surface area contributed by atoms with E-state index in [0.29, 0.717) is 6.04 Å². The van der Waals surface area contributed by atoms with E-state index in [2.05, 4.69) is 40.3 Å². The maximum absolute atomic E-state index is 5.33. The smallest absolute Gasteiger partial charge is 0.173 e. The van der Waals surface area contributed by atoms with E-state index in [4.69, 9.17) is 9.15 Å². The molecule has 0 radical (unpaired) electrons. The molecule has 108 valence electrons. The summed E-state index contributed by atoms with van der Waals surface area (Å²) in [6, 6.07) is 10.6. The van der Waals surface area contributed by atoms with E-state index in [-0.39, 0.29) is 0 Å². The number of methoxy groups -OCH3 is 1. The van der Waals surface area contributed by atoms with Crippen molar-refractivity contribution in [1.82, 2.24) is 5.32 Å². The van der Waals surface area contributed by atoms with Gasteiger partial charge in [-0.25, -0.2) is 0 Å². The number of hydrogen-bond acceptors (Lipinski definition) is 3. The van der Waals surface area contributed by atoms with Crippen molar-refractivity contribution in [3.63, 3.8) is 0 Å². The molecule has 2 aromatic rings. The van der Waals surface area contributed by atoms with Crippen LogP contribution < -0.4 is 10.1 Å². The minimum absolute atomic E-state index is 0.301. The molecular weight excluding hydrogens is 318 g/mol. The van der Waals surface area contributed by atoms with E-state index in [0.717, 1.165) is 29.8 Å². The number of furan rings is 1. The van der Waals surface area contributed by atoms with Gasteiger partial charge in [0.1, 0.15) is 5.75 Å². The summed E-state index contributed by atoms with van der Waals surface area (Å²) in [4.78, 5) is 0. The molecule has 0 amide bonds. The van der Waals surface area contributed by atoms with Crippen LogP contribution in [-0.4, -0.2) is 13.7 Å². The highest BCUT2D eigenvalue weighted by molar-refractivity contribution is 9.10. The number of benzene rings is 1. The van der Waals surface area contributed by atoms with Gasteiger partial charge in [0.2, 0.25) is 0 Å². The minimum atomic E-state index is 0.301. The molecule has 0 saturated carbocycles. The molecular formula is C16H20BrNO2. The number of hydrogen-bond donors (Lipinski definition) is 1. The average Bonchev–Trinajstić information content (AvgIpc) is 2.90. The highest BCUT2D eigenvalue weighted by Crippen LogP contribution is 2.28. The summed E-state index contributed by atoms with van der Waals surface area (Å²) in [5.41, 5.74) is 2.49. The van der Waals surface area contributed by atoms with Gasteiger partial charge in [-0.15, -0.1) is 0 Å². The molecule has 1 heterocycles. The van der Waals surface area contributed by atoms with Crippen LogP contribution in [0.25, 0.3) is 0 Å². The number of halogens is 1. The van der Waals surface area contributed by atoms with E-state index in [1.807, 2.05) is 18.2 Å². The molecule has 0 aliphatic heterocycles. The lowest BCUT2D eigenvalue weighted by Crippen LogP contribution is -2.21. The molecule has 1 aromatic carbocycles. The van der Waals surface area contributed by atoms with Gasteiger partial charge < -0.3 is 14.5 Å². The third kappa shape index (κ3) is 3.87. The molecule has 1 N–H and O–H groups in total. The van der Waals surface area contributed by atoms with Crippen LogP contribution in [0.15, 0.2) is 45.7 Å². The Bertz CT molecular complexity index is 522. The Morgan fingerprint density at radius 2 is 2.00 bits per heavy atom. The first-order chi connectivity index (χ1) is 9.74. The maximum atomic E-state index is 5.33. The summed E-state index contributed by atoms with van der Waals surface area (Å²) in [7, 11) is 1.69. The molecule has 0 aliphatic rings. The second-order valence-electron chi connectivity index (χ2n) is 4.65. The lowest BCUT2D eigenvalue weighted by molar-refractivity contribution is 0.414. The second-order valence-corrected chi connectivity index (χ2v) is 5.37. The predicted molar refractivity (Wildman–Crippen MR) is 84.1 cm³/mol. The zero-order valence-corrected chi connectivity index (χ0v) is 13.4. The Morgan fingerprint density at radius 1 is 1.25 bits per heavy atom. The third-order valence-electron chi connectivity index (χ3n) is 3.35. The average molecular weight is 338 g/mol. The Balaban J connectivity index is 2.00. The topological polar surface area (TPSA) is 34.4 Å². The molecule has 1 atom stereocenters. The first kappa shape index (κ1) is 15.1. The molecule has 0 spiro atoms. The summed E-state index contributed by atoms with van der Waals surface area (Å²) in [5.74, 6) is 0.898.